The molecule has 0 fully saturated rings. The molecule has 2 rings (SSSR count). The maximum atomic E-state index is 5.95. The minimum atomic E-state index is 0.451. The summed E-state index contributed by atoms with van der Waals surface area (Å²) >= 11 is 5.95. The first kappa shape index (κ1) is 12.8. The highest BCUT2D eigenvalue weighted by molar-refractivity contribution is 6.29. The lowest BCUT2D eigenvalue weighted by Crippen LogP contribution is -2.04. The lowest BCUT2D eigenvalue weighted by Gasteiger charge is -2.05. The van der Waals surface area contributed by atoms with Crippen LogP contribution in [0.1, 0.15) is 30.6 Å². The van der Waals surface area contributed by atoms with E-state index in [-0.39, 0.29) is 0 Å². The van der Waals surface area contributed by atoms with Crippen molar-refractivity contribution in [1.29, 1.82) is 0 Å². The van der Waals surface area contributed by atoms with Crippen molar-refractivity contribution in [2.24, 2.45) is 0 Å². The van der Waals surface area contributed by atoms with Crippen molar-refractivity contribution in [3.05, 3.63) is 34.6 Å². The topological polar surface area (TPSA) is 63.8 Å². The van der Waals surface area contributed by atoms with Crippen molar-refractivity contribution in [2.45, 2.75) is 33.2 Å². The molecule has 5 nitrogen and oxygen atoms in total. The molecule has 0 aliphatic heterocycles. The van der Waals surface area contributed by atoms with Gasteiger partial charge < -0.3 is 9.84 Å². The van der Waals surface area contributed by atoms with E-state index in [2.05, 4.69) is 27.4 Å². The molecule has 6 heteroatoms. The molecule has 0 atom stereocenters. The van der Waals surface area contributed by atoms with Gasteiger partial charge in [0.25, 0.3) is 0 Å². The van der Waals surface area contributed by atoms with Crippen molar-refractivity contribution in [3.8, 4) is 0 Å². The summed E-state index contributed by atoms with van der Waals surface area (Å²) in [5, 5.41) is 7.51. The molecule has 0 unspecified atom stereocenters. The van der Waals surface area contributed by atoms with Gasteiger partial charge in [0.2, 0.25) is 0 Å². The van der Waals surface area contributed by atoms with Gasteiger partial charge in [0, 0.05) is 18.6 Å². The number of anilines is 1. The predicted octanol–water partition coefficient (Wildman–Crippen LogP) is 2.99. The van der Waals surface area contributed by atoms with Crippen LogP contribution in [0.3, 0.4) is 0 Å². The second kappa shape index (κ2) is 5.82. The standard InChI is InChI=1S/C12H15ClN4O/c1-3-4-11-15-10(13)6-12(16-11)14-7-9-5-8(2)18-17-9/h5-6H,3-4,7H2,1-2H3,(H,14,15,16). The Labute approximate surface area is 111 Å². The van der Waals surface area contributed by atoms with Crippen molar-refractivity contribution in [3.63, 3.8) is 0 Å². The summed E-state index contributed by atoms with van der Waals surface area (Å²) in [6.45, 7) is 4.49. The molecule has 2 heterocycles. The van der Waals surface area contributed by atoms with Crippen molar-refractivity contribution >= 4 is 17.4 Å². The van der Waals surface area contributed by atoms with Crippen LogP contribution in [0.4, 0.5) is 5.82 Å². The third-order valence-corrected chi connectivity index (χ3v) is 2.54. The minimum absolute atomic E-state index is 0.451. The van der Waals surface area contributed by atoms with Gasteiger partial charge in [0.1, 0.15) is 28.2 Å². The zero-order valence-electron chi connectivity index (χ0n) is 10.4. The van der Waals surface area contributed by atoms with Gasteiger partial charge in [-0.25, -0.2) is 9.97 Å². The van der Waals surface area contributed by atoms with Gasteiger partial charge in [-0.2, -0.15) is 0 Å². The van der Waals surface area contributed by atoms with E-state index in [4.69, 9.17) is 16.1 Å². The minimum Gasteiger partial charge on any atom is -0.364 e. The van der Waals surface area contributed by atoms with Gasteiger partial charge >= 0.3 is 0 Å². The van der Waals surface area contributed by atoms with E-state index in [0.29, 0.717) is 17.5 Å². The Hall–Kier alpha value is -1.62. The number of nitrogens with zero attached hydrogens (tertiary/aromatic N) is 3. The summed E-state index contributed by atoms with van der Waals surface area (Å²) in [4.78, 5) is 8.54. The molecule has 1 N–H and O–H groups in total. The number of aryl methyl sites for hydroxylation is 2. The fourth-order valence-electron chi connectivity index (χ4n) is 1.57. The molecule has 0 saturated heterocycles. The largest absolute Gasteiger partial charge is 0.364 e. The first-order valence-corrected chi connectivity index (χ1v) is 6.24. The molecule has 0 aliphatic carbocycles. The summed E-state index contributed by atoms with van der Waals surface area (Å²) < 4.78 is 4.99. The normalized spacial score (nSPS) is 10.6. The fraction of sp³-hybridized carbons (Fsp3) is 0.417. The van der Waals surface area contributed by atoms with Gasteiger partial charge in [-0.3, -0.25) is 0 Å². The smallest absolute Gasteiger partial charge is 0.134 e. The van der Waals surface area contributed by atoms with Crippen molar-refractivity contribution in [2.75, 3.05) is 5.32 Å². The molecule has 0 aliphatic rings. The zero-order chi connectivity index (χ0) is 13.0. The third-order valence-electron chi connectivity index (χ3n) is 2.34. The molecular weight excluding hydrogens is 252 g/mol. The SMILES string of the molecule is CCCc1nc(Cl)cc(NCc2cc(C)on2)n1. The highest BCUT2D eigenvalue weighted by Crippen LogP contribution is 2.13. The average Bonchev–Trinajstić information content (AvgIpc) is 2.72. The van der Waals surface area contributed by atoms with Crippen LogP contribution in [0, 0.1) is 6.92 Å². The summed E-state index contributed by atoms with van der Waals surface area (Å²) in [6.07, 6.45) is 1.81. The lowest BCUT2D eigenvalue weighted by molar-refractivity contribution is 0.391. The van der Waals surface area contributed by atoms with Crippen molar-refractivity contribution in [1.82, 2.24) is 15.1 Å². The molecule has 0 amide bonds. The van der Waals surface area contributed by atoms with E-state index in [9.17, 15) is 0 Å². The first-order valence-electron chi connectivity index (χ1n) is 5.87. The zero-order valence-corrected chi connectivity index (χ0v) is 11.2. The summed E-state index contributed by atoms with van der Waals surface area (Å²) in [5.74, 6) is 2.25. The number of aromatic nitrogens is 3. The van der Waals surface area contributed by atoms with Crippen LogP contribution in [0.25, 0.3) is 0 Å². The van der Waals surface area contributed by atoms with Crippen LogP contribution in [-0.4, -0.2) is 15.1 Å². The average molecular weight is 267 g/mol. The van der Waals surface area contributed by atoms with E-state index < -0.39 is 0 Å². The molecule has 0 aromatic carbocycles. The molecule has 0 saturated carbocycles. The molecule has 0 radical (unpaired) electrons. The van der Waals surface area contributed by atoms with Gasteiger partial charge in [-0.05, 0) is 13.3 Å². The summed E-state index contributed by atoms with van der Waals surface area (Å²) in [5.41, 5.74) is 0.833. The van der Waals surface area contributed by atoms with E-state index in [0.717, 1.165) is 30.1 Å². The van der Waals surface area contributed by atoms with E-state index in [1.54, 1.807) is 6.07 Å². The Morgan fingerprint density at radius 2 is 2.17 bits per heavy atom. The number of hydrogen-bond donors (Lipinski definition) is 1. The molecule has 18 heavy (non-hydrogen) atoms. The highest BCUT2D eigenvalue weighted by Gasteiger charge is 2.04. The predicted molar refractivity (Wildman–Crippen MR) is 69.6 cm³/mol. The second-order valence-electron chi connectivity index (χ2n) is 4.02. The van der Waals surface area contributed by atoms with Crippen LogP contribution in [0.5, 0.6) is 0 Å². The number of rotatable bonds is 5. The molecule has 96 valence electrons. The Balaban J connectivity index is 2.04. The number of hydrogen-bond acceptors (Lipinski definition) is 5. The number of halogens is 1. The molecular formula is C12H15ClN4O. The monoisotopic (exact) mass is 266 g/mol. The number of nitrogens with one attached hydrogen (secondary N) is 1. The summed E-state index contributed by atoms with van der Waals surface area (Å²) in [6, 6.07) is 3.58. The highest BCUT2D eigenvalue weighted by atomic mass is 35.5. The Morgan fingerprint density at radius 3 is 2.83 bits per heavy atom. The van der Waals surface area contributed by atoms with Crippen LogP contribution in [0.2, 0.25) is 5.15 Å². The molecule has 0 bridgehead atoms. The Bertz CT molecular complexity index is 527. The second-order valence-corrected chi connectivity index (χ2v) is 4.41. The lowest BCUT2D eigenvalue weighted by atomic mass is 10.3. The van der Waals surface area contributed by atoms with Gasteiger partial charge in [-0.15, -0.1) is 0 Å². The van der Waals surface area contributed by atoms with Gasteiger partial charge in [0.15, 0.2) is 0 Å². The van der Waals surface area contributed by atoms with Crippen LogP contribution < -0.4 is 5.32 Å². The van der Waals surface area contributed by atoms with Crippen LogP contribution in [0.15, 0.2) is 16.7 Å². The Kier molecular flexibility index (Phi) is 4.15. The van der Waals surface area contributed by atoms with E-state index in [1.165, 1.54) is 0 Å². The maximum Gasteiger partial charge on any atom is 0.134 e. The van der Waals surface area contributed by atoms with E-state index in [1.807, 2.05) is 13.0 Å². The molecule has 2 aromatic heterocycles. The van der Waals surface area contributed by atoms with Gasteiger partial charge in [0.05, 0.1) is 6.54 Å². The molecule has 2 aromatic rings. The molecule has 0 spiro atoms. The van der Waals surface area contributed by atoms with Crippen LogP contribution >= 0.6 is 11.6 Å². The van der Waals surface area contributed by atoms with Crippen LogP contribution in [-0.2, 0) is 13.0 Å². The maximum absolute atomic E-state index is 5.95. The first-order chi connectivity index (χ1) is 8.67. The van der Waals surface area contributed by atoms with E-state index >= 15 is 0 Å². The van der Waals surface area contributed by atoms with Gasteiger partial charge in [-0.1, -0.05) is 23.7 Å². The Morgan fingerprint density at radius 1 is 1.33 bits per heavy atom. The fourth-order valence-corrected chi connectivity index (χ4v) is 1.77. The quantitative estimate of drug-likeness (QED) is 0.843. The summed E-state index contributed by atoms with van der Waals surface area (Å²) in [7, 11) is 0. The third kappa shape index (κ3) is 3.43. The van der Waals surface area contributed by atoms with Crippen molar-refractivity contribution < 1.29 is 4.52 Å².